The van der Waals surface area contributed by atoms with E-state index in [0.717, 1.165) is 12.1 Å². The summed E-state index contributed by atoms with van der Waals surface area (Å²) in [6, 6.07) is 1.64. The van der Waals surface area contributed by atoms with Crippen molar-refractivity contribution in [3.63, 3.8) is 0 Å². The first-order valence-electron chi connectivity index (χ1n) is 3.67. The third kappa shape index (κ3) is 2.15. The van der Waals surface area contributed by atoms with Crippen molar-refractivity contribution in [2.24, 2.45) is 5.84 Å². The molecule has 1 aromatic carbocycles. The Kier molecular flexibility index (Phi) is 3.19. The van der Waals surface area contributed by atoms with Crippen LogP contribution in [-0.2, 0) is 0 Å². The van der Waals surface area contributed by atoms with Gasteiger partial charge in [-0.2, -0.15) is 0 Å². The number of hydrogen-bond donors (Lipinski definition) is 2. The number of hydrogen-bond acceptors (Lipinski definition) is 2. The topological polar surface area (TPSA) is 38.0 Å². The smallest absolute Gasteiger partial charge is 0.160 e. The SMILES string of the molecule is C[C@@H](NN)c1cc(F)c(F)cc1Cl. The number of benzene rings is 1. The molecule has 0 aliphatic heterocycles. The van der Waals surface area contributed by atoms with Crippen molar-refractivity contribution in [3.05, 3.63) is 34.4 Å². The average molecular weight is 207 g/mol. The summed E-state index contributed by atoms with van der Waals surface area (Å²) in [4.78, 5) is 0. The quantitative estimate of drug-likeness (QED) is 0.442. The summed E-state index contributed by atoms with van der Waals surface area (Å²) in [5, 5.41) is 0.157. The molecule has 0 saturated heterocycles. The first-order chi connectivity index (χ1) is 6.06. The zero-order chi connectivity index (χ0) is 10.0. The van der Waals surface area contributed by atoms with Gasteiger partial charge in [-0.15, -0.1) is 0 Å². The summed E-state index contributed by atoms with van der Waals surface area (Å²) in [5.41, 5.74) is 2.83. The standard InChI is InChI=1S/C8H9ClF2N2/c1-4(13-12)5-2-7(10)8(11)3-6(5)9/h2-4,13H,12H2,1H3/t4-/m1/s1. The molecule has 0 heterocycles. The van der Waals surface area contributed by atoms with E-state index < -0.39 is 11.6 Å². The van der Waals surface area contributed by atoms with Crippen molar-refractivity contribution in [1.82, 2.24) is 5.43 Å². The minimum Gasteiger partial charge on any atom is -0.271 e. The van der Waals surface area contributed by atoms with Crippen LogP contribution in [0.1, 0.15) is 18.5 Å². The van der Waals surface area contributed by atoms with E-state index in [1.807, 2.05) is 0 Å². The highest BCUT2D eigenvalue weighted by Crippen LogP contribution is 2.24. The molecule has 0 amide bonds. The van der Waals surface area contributed by atoms with E-state index in [2.05, 4.69) is 5.43 Å². The van der Waals surface area contributed by atoms with E-state index in [1.54, 1.807) is 6.92 Å². The van der Waals surface area contributed by atoms with Crippen molar-refractivity contribution in [3.8, 4) is 0 Å². The van der Waals surface area contributed by atoms with Crippen LogP contribution in [-0.4, -0.2) is 0 Å². The Labute approximate surface area is 79.7 Å². The van der Waals surface area contributed by atoms with Crippen molar-refractivity contribution < 1.29 is 8.78 Å². The number of halogens is 3. The molecule has 13 heavy (non-hydrogen) atoms. The lowest BCUT2D eigenvalue weighted by molar-refractivity contribution is 0.502. The van der Waals surface area contributed by atoms with Crippen molar-refractivity contribution in [2.75, 3.05) is 0 Å². The first kappa shape index (κ1) is 10.4. The van der Waals surface area contributed by atoms with Crippen LogP contribution < -0.4 is 11.3 Å². The molecule has 0 fully saturated rings. The Morgan fingerprint density at radius 3 is 2.46 bits per heavy atom. The minimum absolute atomic E-state index is 0.157. The van der Waals surface area contributed by atoms with E-state index in [1.165, 1.54) is 0 Å². The molecule has 1 aromatic rings. The molecule has 0 saturated carbocycles. The molecule has 2 nitrogen and oxygen atoms in total. The van der Waals surface area contributed by atoms with E-state index in [-0.39, 0.29) is 11.1 Å². The third-order valence-electron chi connectivity index (χ3n) is 1.76. The molecule has 1 atom stereocenters. The summed E-state index contributed by atoms with van der Waals surface area (Å²) in [6.45, 7) is 1.69. The largest absolute Gasteiger partial charge is 0.271 e. The van der Waals surface area contributed by atoms with E-state index in [0.29, 0.717) is 5.56 Å². The Hall–Kier alpha value is -0.710. The van der Waals surface area contributed by atoms with Crippen LogP contribution in [0.25, 0.3) is 0 Å². The molecule has 0 bridgehead atoms. The summed E-state index contributed by atoms with van der Waals surface area (Å²) in [7, 11) is 0. The number of nitrogens with two attached hydrogens (primary N) is 1. The molecule has 5 heteroatoms. The van der Waals surface area contributed by atoms with Crippen LogP contribution in [0.5, 0.6) is 0 Å². The average Bonchev–Trinajstić information content (AvgIpc) is 2.10. The second kappa shape index (κ2) is 4.00. The monoisotopic (exact) mass is 206 g/mol. The molecule has 0 aliphatic carbocycles. The van der Waals surface area contributed by atoms with Crippen molar-refractivity contribution >= 4 is 11.6 Å². The van der Waals surface area contributed by atoms with Gasteiger partial charge in [0.2, 0.25) is 0 Å². The lowest BCUT2D eigenvalue weighted by Gasteiger charge is -2.12. The minimum atomic E-state index is -0.960. The molecule has 3 N–H and O–H groups in total. The van der Waals surface area contributed by atoms with Gasteiger partial charge in [-0.05, 0) is 24.6 Å². The van der Waals surface area contributed by atoms with Gasteiger partial charge in [-0.3, -0.25) is 11.3 Å². The second-order valence-electron chi connectivity index (χ2n) is 2.68. The molecular formula is C8H9ClF2N2. The zero-order valence-corrected chi connectivity index (χ0v) is 7.70. The Balaban J connectivity index is 3.15. The highest BCUT2D eigenvalue weighted by atomic mass is 35.5. The van der Waals surface area contributed by atoms with Crippen LogP contribution >= 0.6 is 11.6 Å². The Morgan fingerprint density at radius 1 is 1.38 bits per heavy atom. The van der Waals surface area contributed by atoms with Crippen molar-refractivity contribution in [2.45, 2.75) is 13.0 Å². The fourth-order valence-corrected chi connectivity index (χ4v) is 1.27. The van der Waals surface area contributed by atoms with Gasteiger partial charge in [0.25, 0.3) is 0 Å². The fraction of sp³-hybridized carbons (Fsp3) is 0.250. The molecule has 0 radical (unpaired) electrons. The molecule has 0 spiro atoms. The summed E-state index contributed by atoms with van der Waals surface area (Å²) >= 11 is 5.67. The fourth-order valence-electron chi connectivity index (χ4n) is 0.960. The Bertz CT molecular complexity index is 317. The van der Waals surface area contributed by atoms with Gasteiger partial charge in [0.1, 0.15) is 0 Å². The normalized spacial score (nSPS) is 13.0. The number of hydrazine groups is 1. The van der Waals surface area contributed by atoms with E-state index in [4.69, 9.17) is 17.4 Å². The van der Waals surface area contributed by atoms with E-state index in [9.17, 15) is 8.78 Å². The van der Waals surface area contributed by atoms with Gasteiger partial charge in [0.05, 0.1) is 0 Å². The second-order valence-corrected chi connectivity index (χ2v) is 3.08. The van der Waals surface area contributed by atoms with Gasteiger partial charge in [-0.25, -0.2) is 8.78 Å². The lowest BCUT2D eigenvalue weighted by atomic mass is 10.1. The van der Waals surface area contributed by atoms with Gasteiger partial charge in [0, 0.05) is 11.1 Å². The van der Waals surface area contributed by atoms with Crippen LogP contribution in [0.3, 0.4) is 0 Å². The zero-order valence-electron chi connectivity index (χ0n) is 6.94. The first-order valence-corrected chi connectivity index (χ1v) is 4.04. The predicted octanol–water partition coefficient (Wildman–Crippen LogP) is 2.14. The third-order valence-corrected chi connectivity index (χ3v) is 2.08. The highest BCUT2D eigenvalue weighted by molar-refractivity contribution is 6.31. The van der Waals surface area contributed by atoms with Gasteiger partial charge >= 0.3 is 0 Å². The van der Waals surface area contributed by atoms with Crippen LogP contribution in [0.4, 0.5) is 8.78 Å². The van der Waals surface area contributed by atoms with Crippen LogP contribution in [0.2, 0.25) is 5.02 Å². The van der Waals surface area contributed by atoms with Gasteiger partial charge in [0.15, 0.2) is 11.6 Å². The maximum absolute atomic E-state index is 12.8. The number of rotatable bonds is 2. The summed E-state index contributed by atoms with van der Waals surface area (Å²) in [5.74, 6) is 3.25. The van der Waals surface area contributed by atoms with E-state index >= 15 is 0 Å². The van der Waals surface area contributed by atoms with Gasteiger partial charge < -0.3 is 0 Å². The van der Waals surface area contributed by atoms with Crippen molar-refractivity contribution in [1.29, 1.82) is 0 Å². The lowest BCUT2D eigenvalue weighted by Crippen LogP contribution is -2.26. The molecule has 72 valence electrons. The molecule has 0 aromatic heterocycles. The maximum atomic E-state index is 12.8. The van der Waals surface area contributed by atoms with Crippen LogP contribution in [0, 0.1) is 11.6 Å². The predicted molar refractivity (Wildman–Crippen MR) is 47.1 cm³/mol. The highest BCUT2D eigenvalue weighted by Gasteiger charge is 2.12. The molecule has 0 unspecified atom stereocenters. The summed E-state index contributed by atoms with van der Waals surface area (Å²) < 4.78 is 25.4. The maximum Gasteiger partial charge on any atom is 0.160 e. The van der Waals surface area contributed by atoms with Gasteiger partial charge in [-0.1, -0.05) is 11.6 Å². The summed E-state index contributed by atoms with van der Waals surface area (Å²) in [6.07, 6.45) is 0. The Morgan fingerprint density at radius 2 is 1.92 bits per heavy atom. The molecule has 0 aliphatic rings. The number of nitrogens with one attached hydrogen (secondary N) is 1. The van der Waals surface area contributed by atoms with Crippen LogP contribution in [0.15, 0.2) is 12.1 Å². The molecule has 1 rings (SSSR count). The molecular weight excluding hydrogens is 198 g/mol.